The molecule has 0 saturated heterocycles. The monoisotopic (exact) mass is 206 g/mol. The van der Waals surface area contributed by atoms with Gasteiger partial charge in [0, 0.05) is 10.9 Å². The van der Waals surface area contributed by atoms with Crippen molar-refractivity contribution in [2.45, 2.75) is 6.18 Å². The summed E-state index contributed by atoms with van der Waals surface area (Å²) in [5.74, 6) is -1.17. The summed E-state index contributed by atoms with van der Waals surface area (Å²) in [7, 11) is 0. The number of hydrogen-bond acceptors (Lipinski definition) is 1. The first-order valence-corrected chi connectivity index (χ1v) is 3.41. The smallest absolute Gasteiger partial charge is 0.408 e. The quantitative estimate of drug-likeness (QED) is 0.511. The minimum Gasteiger partial charge on any atom is -0.408 e. The summed E-state index contributed by atoms with van der Waals surface area (Å²) < 4.78 is 48.9. The number of alkyl halides is 3. The van der Waals surface area contributed by atoms with E-state index in [1.54, 1.807) is 0 Å². The first-order valence-electron chi connectivity index (χ1n) is 3.41. The van der Waals surface area contributed by atoms with Gasteiger partial charge in [0.15, 0.2) is 0 Å². The van der Waals surface area contributed by atoms with Crippen LogP contribution < -0.4 is 0 Å². The molecule has 1 aromatic rings. The highest BCUT2D eigenvalue weighted by molar-refractivity contribution is 5.48. The molecule has 1 rings (SSSR count). The molecule has 1 aromatic carbocycles. The van der Waals surface area contributed by atoms with Gasteiger partial charge in [-0.1, -0.05) is 0 Å². The molecule has 0 atom stereocenters. The van der Waals surface area contributed by atoms with Gasteiger partial charge in [-0.25, -0.2) is 0 Å². The first-order chi connectivity index (χ1) is 6.45. The van der Waals surface area contributed by atoms with Crippen LogP contribution in [0.1, 0.15) is 5.56 Å². The summed E-state index contributed by atoms with van der Waals surface area (Å²) in [5, 5.41) is 8.07. The number of rotatable bonds is 0. The Kier molecular flexibility index (Phi) is 2.60. The Labute approximate surface area is 76.2 Å². The Morgan fingerprint density at radius 2 is 1.93 bits per heavy atom. The van der Waals surface area contributed by atoms with Gasteiger partial charge in [-0.2, -0.15) is 17.6 Å². The van der Waals surface area contributed by atoms with Crippen molar-refractivity contribution in [1.29, 1.82) is 0 Å². The largest absolute Gasteiger partial charge is 0.520 e. The highest BCUT2D eigenvalue weighted by atomic mass is 19.4. The Balaban J connectivity index is 3.17. The van der Waals surface area contributed by atoms with Crippen LogP contribution in [-0.4, -0.2) is 5.11 Å². The van der Waals surface area contributed by atoms with E-state index in [1.165, 1.54) is 6.26 Å². The average Bonchev–Trinajstić information content (AvgIpc) is 2.07. The molecule has 1 N–H and O–H groups in total. The van der Waals surface area contributed by atoms with Crippen LogP contribution in [0.25, 0.3) is 4.85 Å². The zero-order valence-corrected chi connectivity index (χ0v) is 6.64. The molecule has 0 bridgehead atoms. The Bertz CT molecular complexity index is 402. The maximum atomic E-state index is 12.8. The average molecular weight is 206 g/mol. The summed E-state index contributed by atoms with van der Waals surface area (Å²) >= 11 is 0. The van der Waals surface area contributed by atoms with Crippen molar-refractivity contribution < 1.29 is 22.7 Å². The van der Waals surface area contributed by atoms with E-state index in [9.17, 15) is 17.6 Å². The van der Waals surface area contributed by atoms with Gasteiger partial charge in [0.05, 0.1) is 5.56 Å². The molecule has 0 amide bonds. The predicted octanol–water partition coefficient (Wildman–Crippen LogP) is 3.14. The van der Waals surface area contributed by atoms with E-state index in [0.29, 0.717) is 12.1 Å². The van der Waals surface area contributed by atoms with Crippen molar-refractivity contribution in [2.24, 2.45) is 0 Å². The van der Waals surface area contributed by atoms with Crippen molar-refractivity contribution in [3.8, 4) is 6.26 Å². The minimum absolute atomic E-state index is 0.302. The summed E-state index contributed by atoms with van der Waals surface area (Å²) in [6.45, 7) is 0. The van der Waals surface area contributed by atoms with Crippen LogP contribution in [0.15, 0.2) is 18.2 Å². The number of benzene rings is 1. The lowest BCUT2D eigenvalue weighted by Gasteiger charge is -2.04. The van der Waals surface area contributed by atoms with E-state index in [1.807, 2.05) is 0 Å². The first kappa shape index (κ1) is 10.3. The van der Waals surface area contributed by atoms with Crippen LogP contribution in [0.5, 0.6) is 0 Å². The highest BCUT2D eigenvalue weighted by Gasteiger charge is 2.32. The van der Waals surface area contributed by atoms with Crippen molar-refractivity contribution in [3.05, 3.63) is 34.4 Å². The van der Waals surface area contributed by atoms with Crippen LogP contribution in [0, 0.1) is 12.1 Å². The zero-order valence-electron chi connectivity index (χ0n) is 6.64. The SMILES string of the molecule is OC#[N+]c1ccc(C(F)(F)F)cc1F. The van der Waals surface area contributed by atoms with Gasteiger partial charge in [0.1, 0.15) is 0 Å². The van der Waals surface area contributed by atoms with Crippen molar-refractivity contribution >= 4 is 5.69 Å². The van der Waals surface area contributed by atoms with Gasteiger partial charge in [-0.05, 0) is 12.1 Å². The van der Waals surface area contributed by atoms with Crippen LogP contribution in [0.3, 0.4) is 0 Å². The molecule has 74 valence electrons. The molecule has 0 spiro atoms. The van der Waals surface area contributed by atoms with Crippen LogP contribution in [0.4, 0.5) is 23.2 Å². The van der Waals surface area contributed by atoms with Crippen LogP contribution >= 0.6 is 0 Å². The van der Waals surface area contributed by atoms with Gasteiger partial charge in [-0.3, -0.25) is 0 Å². The molecule has 0 aliphatic rings. The lowest BCUT2D eigenvalue weighted by Crippen LogP contribution is -2.04. The van der Waals surface area contributed by atoms with E-state index >= 15 is 0 Å². The van der Waals surface area contributed by atoms with E-state index < -0.39 is 23.2 Å². The van der Waals surface area contributed by atoms with E-state index in [-0.39, 0.29) is 0 Å². The molecular formula is C8H4F4NO+. The third-order valence-electron chi connectivity index (χ3n) is 1.45. The van der Waals surface area contributed by atoms with Crippen LogP contribution in [0.2, 0.25) is 0 Å². The predicted molar refractivity (Wildman–Crippen MR) is 40.2 cm³/mol. The van der Waals surface area contributed by atoms with Gasteiger partial charge in [0.25, 0.3) is 0 Å². The van der Waals surface area contributed by atoms with Crippen LogP contribution in [-0.2, 0) is 6.18 Å². The van der Waals surface area contributed by atoms with E-state index in [4.69, 9.17) is 5.11 Å². The summed E-state index contributed by atoms with van der Waals surface area (Å²) in [5.41, 5.74) is -1.51. The third-order valence-corrected chi connectivity index (χ3v) is 1.45. The molecule has 6 heteroatoms. The normalized spacial score (nSPS) is 10.6. The van der Waals surface area contributed by atoms with Gasteiger partial charge in [0.2, 0.25) is 5.82 Å². The number of nitrogens with zero attached hydrogens (tertiary/aromatic N) is 1. The molecule has 14 heavy (non-hydrogen) atoms. The second kappa shape index (κ2) is 3.54. The standard InChI is InChI=1S/C8H3F4NO/c9-6-3-5(8(10,11)12)1-2-7(6)13-4-14/h1-3H/p+1. The molecular weight excluding hydrogens is 202 g/mol. The van der Waals surface area contributed by atoms with Crippen molar-refractivity contribution in [1.82, 2.24) is 0 Å². The lowest BCUT2D eigenvalue weighted by molar-refractivity contribution is -0.137. The summed E-state index contributed by atoms with van der Waals surface area (Å²) in [6.07, 6.45) is -3.30. The fourth-order valence-corrected chi connectivity index (χ4v) is 0.828. The van der Waals surface area contributed by atoms with E-state index in [0.717, 1.165) is 6.07 Å². The molecule has 0 aromatic heterocycles. The molecule has 0 heterocycles. The molecule has 0 aliphatic carbocycles. The highest BCUT2D eigenvalue weighted by Crippen LogP contribution is 2.31. The number of aliphatic hydroxyl groups excluding tert-OH is 1. The van der Waals surface area contributed by atoms with Gasteiger partial charge < -0.3 is 5.11 Å². The maximum Gasteiger partial charge on any atom is 0.520 e. The van der Waals surface area contributed by atoms with Crippen molar-refractivity contribution in [3.63, 3.8) is 0 Å². The number of halogens is 4. The Morgan fingerprint density at radius 1 is 1.29 bits per heavy atom. The molecule has 0 radical (unpaired) electrons. The molecule has 0 unspecified atom stereocenters. The Morgan fingerprint density at radius 3 is 2.36 bits per heavy atom. The number of aliphatic hydroxyl groups is 1. The Hall–Kier alpha value is -1.77. The second-order valence-electron chi connectivity index (χ2n) is 2.38. The summed E-state index contributed by atoms with van der Waals surface area (Å²) in [6, 6.07) is 1.77. The molecule has 0 fully saturated rings. The second-order valence-corrected chi connectivity index (χ2v) is 2.38. The molecule has 0 saturated carbocycles. The fourth-order valence-electron chi connectivity index (χ4n) is 0.828. The molecule has 0 aliphatic heterocycles. The van der Waals surface area contributed by atoms with Gasteiger partial charge >= 0.3 is 18.1 Å². The topological polar surface area (TPSA) is 24.6 Å². The van der Waals surface area contributed by atoms with Crippen molar-refractivity contribution in [2.75, 3.05) is 0 Å². The number of hydrogen-bond donors (Lipinski definition) is 1. The fraction of sp³-hybridized carbons (Fsp3) is 0.125. The molecule has 2 nitrogen and oxygen atoms in total. The van der Waals surface area contributed by atoms with Gasteiger partial charge in [-0.15, -0.1) is 0 Å². The maximum absolute atomic E-state index is 12.8. The minimum atomic E-state index is -4.59. The lowest BCUT2D eigenvalue weighted by atomic mass is 10.2. The summed E-state index contributed by atoms with van der Waals surface area (Å²) in [4.78, 5) is 2.99. The third kappa shape index (κ3) is 2.13. The van der Waals surface area contributed by atoms with E-state index in [2.05, 4.69) is 4.85 Å². The zero-order chi connectivity index (χ0) is 10.8.